The van der Waals surface area contributed by atoms with E-state index in [1.54, 1.807) is 0 Å². The van der Waals surface area contributed by atoms with E-state index >= 15 is 0 Å². The highest BCUT2D eigenvalue weighted by molar-refractivity contribution is 7.17. The van der Waals surface area contributed by atoms with Gasteiger partial charge in [0.15, 0.2) is 0 Å². The minimum atomic E-state index is 0.874. The zero-order chi connectivity index (χ0) is 12.4. The minimum absolute atomic E-state index is 0.874. The predicted molar refractivity (Wildman–Crippen MR) is 81.4 cm³/mol. The van der Waals surface area contributed by atoms with Gasteiger partial charge in [-0.2, -0.15) is 0 Å². The molecule has 0 saturated heterocycles. The predicted octanol–water partition coefficient (Wildman–Crippen LogP) is 5.14. The van der Waals surface area contributed by atoms with E-state index in [1.165, 1.54) is 41.5 Å². The van der Waals surface area contributed by atoms with Crippen molar-refractivity contribution in [2.45, 2.75) is 32.6 Å². The maximum Gasteiger partial charge on any atom is 0.0347 e. The summed E-state index contributed by atoms with van der Waals surface area (Å²) in [6.07, 6.45) is 5.62. The third kappa shape index (κ3) is 2.69. The van der Waals surface area contributed by atoms with Crippen LogP contribution in [-0.4, -0.2) is 6.54 Å². The molecule has 0 unspecified atom stereocenters. The lowest BCUT2D eigenvalue weighted by atomic mass is 9.83. The Kier molecular flexibility index (Phi) is 3.55. The smallest absolute Gasteiger partial charge is 0.0347 e. The van der Waals surface area contributed by atoms with Crippen LogP contribution in [0.4, 0.5) is 5.69 Å². The van der Waals surface area contributed by atoms with Crippen LogP contribution >= 0.6 is 11.3 Å². The maximum atomic E-state index is 3.62. The molecule has 0 bridgehead atoms. The lowest BCUT2D eigenvalue weighted by molar-refractivity contribution is 0.300. The highest BCUT2D eigenvalue weighted by Crippen LogP contribution is 2.29. The molecule has 0 aliphatic heterocycles. The highest BCUT2D eigenvalue weighted by Gasteiger charge is 2.17. The molecule has 2 aromatic rings. The highest BCUT2D eigenvalue weighted by atomic mass is 32.1. The van der Waals surface area contributed by atoms with Crippen LogP contribution in [0.1, 0.15) is 32.6 Å². The van der Waals surface area contributed by atoms with Crippen molar-refractivity contribution in [2.75, 3.05) is 11.9 Å². The van der Waals surface area contributed by atoms with Crippen LogP contribution in [-0.2, 0) is 0 Å². The second-order valence-corrected chi connectivity index (χ2v) is 6.63. The number of thiophene rings is 1. The van der Waals surface area contributed by atoms with Crippen LogP contribution in [0.2, 0.25) is 0 Å². The Bertz CT molecular complexity index is 509. The molecule has 0 atom stereocenters. The molecule has 1 heterocycles. The molecule has 1 saturated carbocycles. The fourth-order valence-corrected chi connectivity index (χ4v) is 3.64. The fraction of sp³-hybridized carbons (Fsp3) is 0.500. The first-order valence-corrected chi connectivity index (χ1v) is 7.90. The molecule has 1 fully saturated rings. The first-order chi connectivity index (χ1) is 8.81. The van der Waals surface area contributed by atoms with Crippen LogP contribution in [0.5, 0.6) is 0 Å². The Balaban J connectivity index is 1.59. The Morgan fingerprint density at radius 3 is 2.83 bits per heavy atom. The van der Waals surface area contributed by atoms with Gasteiger partial charge in [-0.1, -0.05) is 19.8 Å². The Hall–Kier alpha value is -1.02. The van der Waals surface area contributed by atoms with E-state index in [0.29, 0.717) is 0 Å². The molecule has 1 aromatic carbocycles. The third-order valence-corrected chi connectivity index (χ3v) is 5.08. The summed E-state index contributed by atoms with van der Waals surface area (Å²) in [6, 6.07) is 8.92. The van der Waals surface area contributed by atoms with Crippen LogP contribution < -0.4 is 5.32 Å². The molecule has 3 rings (SSSR count). The van der Waals surface area contributed by atoms with Crippen molar-refractivity contribution < 1.29 is 0 Å². The van der Waals surface area contributed by atoms with E-state index in [2.05, 4.69) is 41.9 Å². The summed E-state index contributed by atoms with van der Waals surface area (Å²) in [5.41, 5.74) is 1.28. The van der Waals surface area contributed by atoms with E-state index in [1.807, 2.05) is 11.3 Å². The Morgan fingerprint density at radius 2 is 2.00 bits per heavy atom. The molecule has 0 spiro atoms. The summed E-state index contributed by atoms with van der Waals surface area (Å²) in [7, 11) is 0. The van der Waals surface area contributed by atoms with Gasteiger partial charge in [-0.25, -0.2) is 0 Å². The van der Waals surface area contributed by atoms with Crippen molar-refractivity contribution in [3.63, 3.8) is 0 Å². The summed E-state index contributed by atoms with van der Waals surface area (Å²) in [5.74, 6) is 1.82. The van der Waals surface area contributed by atoms with E-state index in [-0.39, 0.29) is 0 Å². The van der Waals surface area contributed by atoms with Gasteiger partial charge in [0.1, 0.15) is 0 Å². The quantitative estimate of drug-likeness (QED) is 0.804. The molecule has 18 heavy (non-hydrogen) atoms. The molecule has 1 aliphatic carbocycles. The maximum absolute atomic E-state index is 3.62. The van der Waals surface area contributed by atoms with E-state index in [4.69, 9.17) is 0 Å². The third-order valence-electron chi connectivity index (χ3n) is 4.18. The first kappa shape index (κ1) is 12.0. The van der Waals surface area contributed by atoms with Crippen molar-refractivity contribution in [1.82, 2.24) is 0 Å². The van der Waals surface area contributed by atoms with Gasteiger partial charge in [0.05, 0.1) is 0 Å². The molecule has 96 valence electrons. The molecule has 0 amide bonds. The minimum Gasteiger partial charge on any atom is -0.385 e. The van der Waals surface area contributed by atoms with Crippen molar-refractivity contribution in [3.8, 4) is 0 Å². The first-order valence-electron chi connectivity index (χ1n) is 7.02. The second-order valence-electron chi connectivity index (χ2n) is 5.68. The molecule has 2 heteroatoms. The summed E-state index contributed by atoms with van der Waals surface area (Å²) in [5, 5.41) is 7.14. The fourth-order valence-electron chi connectivity index (χ4n) is 2.87. The number of fused-ring (bicyclic) bond motifs is 1. The molecule has 1 aromatic heterocycles. The molecule has 0 radical (unpaired) electrons. The van der Waals surface area contributed by atoms with E-state index in [9.17, 15) is 0 Å². The lowest BCUT2D eigenvalue weighted by Gasteiger charge is -2.26. The Morgan fingerprint density at radius 1 is 1.17 bits per heavy atom. The standard InChI is InChI=1S/C16H21NS/c1-12-2-4-13(5-3-12)11-17-15-6-7-16-14(10-15)8-9-18-16/h6-10,12-13,17H,2-5,11H2,1H3. The number of rotatable bonds is 3. The van der Waals surface area contributed by atoms with Crippen molar-refractivity contribution >= 4 is 27.1 Å². The summed E-state index contributed by atoms with van der Waals surface area (Å²) in [6.45, 7) is 3.52. The second kappa shape index (κ2) is 5.31. The van der Waals surface area contributed by atoms with Crippen molar-refractivity contribution in [1.29, 1.82) is 0 Å². The van der Waals surface area contributed by atoms with Crippen molar-refractivity contribution in [3.05, 3.63) is 29.6 Å². The average molecular weight is 259 g/mol. The molecular weight excluding hydrogens is 238 g/mol. The molecular formula is C16H21NS. The number of anilines is 1. The van der Waals surface area contributed by atoms with Gasteiger partial charge in [-0.3, -0.25) is 0 Å². The molecule has 1 aliphatic rings. The van der Waals surface area contributed by atoms with Gasteiger partial charge in [0.2, 0.25) is 0 Å². The summed E-state index contributed by atoms with van der Waals surface area (Å²) < 4.78 is 1.38. The monoisotopic (exact) mass is 259 g/mol. The Labute approximate surface area is 113 Å². The van der Waals surface area contributed by atoms with Crippen molar-refractivity contribution in [2.24, 2.45) is 11.8 Å². The SMILES string of the molecule is CC1CCC(CNc2ccc3sccc3c2)CC1. The van der Waals surface area contributed by atoms with Gasteiger partial charge in [0.25, 0.3) is 0 Å². The van der Waals surface area contributed by atoms with Crippen LogP contribution in [0.3, 0.4) is 0 Å². The van der Waals surface area contributed by atoms with Gasteiger partial charge in [-0.15, -0.1) is 11.3 Å². The zero-order valence-electron chi connectivity index (χ0n) is 11.0. The number of benzene rings is 1. The molecule has 1 nitrogen and oxygen atoms in total. The largest absolute Gasteiger partial charge is 0.385 e. The van der Waals surface area contributed by atoms with Crippen LogP contribution in [0.15, 0.2) is 29.6 Å². The number of hydrogen-bond acceptors (Lipinski definition) is 2. The normalized spacial score (nSPS) is 24.3. The zero-order valence-corrected chi connectivity index (χ0v) is 11.8. The number of hydrogen-bond donors (Lipinski definition) is 1. The lowest BCUT2D eigenvalue weighted by Crippen LogP contribution is -2.20. The van der Waals surface area contributed by atoms with E-state index in [0.717, 1.165) is 18.4 Å². The molecule has 1 N–H and O–H groups in total. The average Bonchev–Trinajstić information content (AvgIpc) is 2.85. The van der Waals surface area contributed by atoms with Gasteiger partial charge in [-0.05, 0) is 59.7 Å². The number of nitrogens with one attached hydrogen (secondary N) is 1. The van der Waals surface area contributed by atoms with Gasteiger partial charge >= 0.3 is 0 Å². The topological polar surface area (TPSA) is 12.0 Å². The van der Waals surface area contributed by atoms with E-state index < -0.39 is 0 Å². The van der Waals surface area contributed by atoms with Crippen LogP contribution in [0, 0.1) is 11.8 Å². The summed E-state index contributed by atoms with van der Waals surface area (Å²) >= 11 is 1.81. The van der Waals surface area contributed by atoms with Crippen LogP contribution in [0.25, 0.3) is 10.1 Å². The van der Waals surface area contributed by atoms with Gasteiger partial charge in [0, 0.05) is 16.9 Å². The van der Waals surface area contributed by atoms with Gasteiger partial charge < -0.3 is 5.32 Å². The summed E-state index contributed by atoms with van der Waals surface area (Å²) in [4.78, 5) is 0.